The third kappa shape index (κ3) is 11.8. The third-order valence-electron chi connectivity index (χ3n) is 5.57. The van der Waals surface area contributed by atoms with E-state index in [2.05, 4.69) is 27.7 Å². The van der Waals surface area contributed by atoms with Gasteiger partial charge in [-0.3, -0.25) is 4.55 Å². The van der Waals surface area contributed by atoms with E-state index in [1.807, 2.05) is 0 Å². The molecule has 0 unspecified atom stereocenters. The van der Waals surface area contributed by atoms with Gasteiger partial charge in [-0.05, 0) is 56.7 Å². The quantitative estimate of drug-likeness (QED) is 0.286. The number of unbranched alkanes of at least 4 members (excludes halogenated alkanes) is 4. The van der Waals surface area contributed by atoms with Crippen molar-refractivity contribution < 1.29 is 17.5 Å². The van der Waals surface area contributed by atoms with Crippen LogP contribution >= 0.6 is 0 Å². The Morgan fingerprint density at radius 3 is 1.41 bits per heavy atom. The lowest BCUT2D eigenvalue weighted by Crippen LogP contribution is -2.50. The van der Waals surface area contributed by atoms with Gasteiger partial charge in [0.2, 0.25) is 0 Å². The molecule has 0 radical (unpaired) electrons. The van der Waals surface area contributed by atoms with E-state index in [4.69, 9.17) is 4.55 Å². The van der Waals surface area contributed by atoms with E-state index in [0.29, 0.717) is 5.56 Å². The van der Waals surface area contributed by atoms with Gasteiger partial charge in [0.05, 0.1) is 31.1 Å². The fourth-order valence-corrected chi connectivity index (χ4v) is 4.44. The Balaban J connectivity index is 0.000000571. The molecule has 1 aromatic carbocycles. The zero-order valence-electron chi connectivity index (χ0n) is 19.8. The van der Waals surface area contributed by atoms with Crippen molar-refractivity contribution in [3.63, 3.8) is 0 Å². The summed E-state index contributed by atoms with van der Waals surface area (Å²) >= 11 is 0. The predicted octanol–water partition coefficient (Wildman–Crippen LogP) is 6.55. The summed E-state index contributed by atoms with van der Waals surface area (Å²) in [6.07, 6.45) is 11.1. The van der Waals surface area contributed by atoms with E-state index in [9.17, 15) is 8.42 Å². The number of rotatable bonds is 13. The zero-order chi connectivity index (χ0) is 22.3. The summed E-state index contributed by atoms with van der Waals surface area (Å²) in [4.78, 5) is -0.0116. The number of benzene rings is 1. The molecule has 4 nitrogen and oxygen atoms in total. The Bertz CT molecular complexity index is 619. The Hall–Kier alpha value is -0.910. The first-order valence-electron chi connectivity index (χ1n) is 11.6. The normalized spacial score (nSPS) is 11.8. The third-order valence-corrected chi connectivity index (χ3v) is 6.56. The van der Waals surface area contributed by atoms with E-state index in [1.165, 1.54) is 88.1 Å². The van der Waals surface area contributed by atoms with Gasteiger partial charge in [-0.2, -0.15) is 8.42 Å². The standard InChI is InChI=1S/C16H36N.C8H10O3S/c1-5-9-13-17(14-10-6-2,15-11-7-3)16-12-8-4;1-6-3-4-7(2)8(5-6)12(9,10)11/h5-16H2,1-4H3;3-5H,1-2H3,(H,9,10,11)/q+1;. The first-order chi connectivity index (χ1) is 13.7. The molecule has 0 aromatic heterocycles. The second kappa shape index (κ2) is 15.0. The van der Waals surface area contributed by atoms with Gasteiger partial charge in [0.15, 0.2) is 0 Å². The average Bonchev–Trinajstić information content (AvgIpc) is 2.68. The highest BCUT2D eigenvalue weighted by molar-refractivity contribution is 7.85. The molecule has 1 N–H and O–H groups in total. The smallest absolute Gasteiger partial charge is 0.294 e. The summed E-state index contributed by atoms with van der Waals surface area (Å²) < 4.78 is 31.7. The molecule has 29 heavy (non-hydrogen) atoms. The van der Waals surface area contributed by atoms with Gasteiger partial charge in [-0.25, -0.2) is 0 Å². The van der Waals surface area contributed by atoms with Gasteiger partial charge in [0.25, 0.3) is 10.1 Å². The van der Waals surface area contributed by atoms with Crippen LogP contribution in [0.3, 0.4) is 0 Å². The van der Waals surface area contributed by atoms with Crippen LogP contribution in [0, 0.1) is 13.8 Å². The van der Waals surface area contributed by atoms with Crippen LogP contribution in [0.15, 0.2) is 23.1 Å². The van der Waals surface area contributed by atoms with Crippen LogP contribution in [-0.4, -0.2) is 43.6 Å². The van der Waals surface area contributed by atoms with Gasteiger partial charge in [-0.15, -0.1) is 0 Å². The first-order valence-corrected chi connectivity index (χ1v) is 13.0. The zero-order valence-corrected chi connectivity index (χ0v) is 20.7. The minimum atomic E-state index is -4.06. The van der Waals surface area contributed by atoms with Crippen molar-refractivity contribution in [3.05, 3.63) is 29.3 Å². The van der Waals surface area contributed by atoms with Crippen LogP contribution in [0.2, 0.25) is 0 Å². The maximum Gasteiger partial charge on any atom is 0.294 e. The monoisotopic (exact) mass is 428 g/mol. The number of aryl methyl sites for hydroxylation is 2. The van der Waals surface area contributed by atoms with Crippen LogP contribution in [0.4, 0.5) is 0 Å². The first kappa shape index (κ1) is 28.1. The van der Waals surface area contributed by atoms with Crippen LogP contribution in [0.5, 0.6) is 0 Å². The van der Waals surface area contributed by atoms with Crippen LogP contribution in [-0.2, 0) is 10.1 Å². The average molecular weight is 429 g/mol. The Morgan fingerprint density at radius 1 is 0.759 bits per heavy atom. The Kier molecular flexibility index (Phi) is 14.5. The number of hydrogen-bond acceptors (Lipinski definition) is 2. The molecule has 170 valence electrons. The van der Waals surface area contributed by atoms with Crippen molar-refractivity contribution in [1.29, 1.82) is 0 Å². The lowest BCUT2D eigenvalue weighted by atomic mass is 10.1. The second-order valence-corrected chi connectivity index (χ2v) is 9.78. The van der Waals surface area contributed by atoms with Crippen molar-refractivity contribution in [2.45, 2.75) is 97.8 Å². The molecule has 0 bridgehead atoms. The summed E-state index contributed by atoms with van der Waals surface area (Å²) in [5, 5.41) is 0. The molecule has 0 amide bonds. The SMILES string of the molecule is CCCC[N+](CCCC)(CCCC)CCCC.Cc1ccc(C)c(S(=O)(=O)O)c1. The van der Waals surface area contributed by atoms with Crippen molar-refractivity contribution in [3.8, 4) is 0 Å². The van der Waals surface area contributed by atoms with Crippen LogP contribution in [0.25, 0.3) is 0 Å². The molecule has 5 heteroatoms. The highest BCUT2D eigenvalue weighted by Crippen LogP contribution is 2.17. The predicted molar refractivity (Wildman–Crippen MR) is 125 cm³/mol. The topological polar surface area (TPSA) is 54.4 Å². The number of hydrogen-bond donors (Lipinski definition) is 1. The van der Waals surface area contributed by atoms with E-state index in [0.717, 1.165) is 5.56 Å². The molecule has 0 saturated heterocycles. The van der Waals surface area contributed by atoms with Gasteiger partial charge < -0.3 is 4.48 Å². The van der Waals surface area contributed by atoms with Crippen LogP contribution < -0.4 is 0 Å². The van der Waals surface area contributed by atoms with Gasteiger partial charge >= 0.3 is 0 Å². The molecule has 0 atom stereocenters. The molecule has 0 aliphatic carbocycles. The minimum Gasteiger partial charge on any atom is -0.324 e. The highest BCUT2D eigenvalue weighted by Gasteiger charge is 2.24. The fourth-order valence-electron chi connectivity index (χ4n) is 3.63. The summed E-state index contributed by atoms with van der Waals surface area (Å²) in [5.41, 5.74) is 1.37. The van der Waals surface area contributed by atoms with Crippen molar-refractivity contribution in [2.75, 3.05) is 26.2 Å². The number of quaternary nitrogens is 1. The van der Waals surface area contributed by atoms with Crippen molar-refractivity contribution in [2.24, 2.45) is 0 Å². The maximum absolute atomic E-state index is 10.8. The van der Waals surface area contributed by atoms with Gasteiger partial charge in [-0.1, -0.05) is 65.5 Å². The molecule has 1 rings (SSSR count). The van der Waals surface area contributed by atoms with E-state index in [1.54, 1.807) is 26.0 Å². The summed E-state index contributed by atoms with van der Waals surface area (Å²) in [7, 11) is -4.06. The molecule has 0 aliphatic heterocycles. The molecule has 1 aromatic rings. The molecule has 0 aliphatic rings. The van der Waals surface area contributed by atoms with E-state index in [-0.39, 0.29) is 4.90 Å². The Morgan fingerprint density at radius 2 is 1.14 bits per heavy atom. The van der Waals surface area contributed by atoms with Gasteiger partial charge in [0, 0.05) is 0 Å². The van der Waals surface area contributed by atoms with E-state index >= 15 is 0 Å². The molecule has 0 spiro atoms. The van der Waals surface area contributed by atoms with Crippen molar-refractivity contribution >= 4 is 10.1 Å². The van der Waals surface area contributed by atoms with Crippen LogP contribution in [0.1, 0.15) is 90.2 Å². The molecular formula is C24H46NO3S+. The summed E-state index contributed by atoms with van der Waals surface area (Å²) in [5.74, 6) is 0. The minimum absolute atomic E-state index is 0.0116. The highest BCUT2D eigenvalue weighted by atomic mass is 32.2. The molecular weight excluding hydrogens is 382 g/mol. The number of nitrogens with zero attached hydrogens (tertiary/aromatic N) is 1. The molecule has 0 fully saturated rings. The second-order valence-electron chi connectivity index (χ2n) is 8.39. The van der Waals surface area contributed by atoms with Crippen molar-refractivity contribution in [1.82, 2.24) is 0 Å². The largest absolute Gasteiger partial charge is 0.324 e. The molecule has 0 saturated carbocycles. The van der Waals surface area contributed by atoms with E-state index < -0.39 is 10.1 Å². The summed E-state index contributed by atoms with van der Waals surface area (Å²) in [6.45, 7) is 18.4. The lowest BCUT2D eigenvalue weighted by molar-refractivity contribution is -0.929. The summed E-state index contributed by atoms with van der Waals surface area (Å²) in [6, 6.07) is 4.91. The van der Waals surface area contributed by atoms with Gasteiger partial charge in [0.1, 0.15) is 0 Å². The fraction of sp³-hybridized carbons (Fsp3) is 0.750. The maximum atomic E-state index is 10.8. The lowest BCUT2D eigenvalue weighted by Gasteiger charge is -2.39. The molecule has 0 heterocycles. The Labute approximate surface area is 181 Å².